The van der Waals surface area contributed by atoms with Crippen molar-refractivity contribution in [2.24, 2.45) is 0 Å². The zero-order chi connectivity index (χ0) is 52.8. The van der Waals surface area contributed by atoms with Crippen LogP contribution in [0.15, 0.2) is 97.6 Å². The predicted octanol–water partition coefficient (Wildman–Crippen LogP) is 9.93. The average molecular weight is 1030 g/mol. The van der Waals surface area contributed by atoms with E-state index in [2.05, 4.69) is 70.4 Å². The van der Waals surface area contributed by atoms with Gasteiger partial charge in [-0.05, 0) is 110 Å². The second-order valence-electron chi connectivity index (χ2n) is 17.2. The van der Waals surface area contributed by atoms with Gasteiger partial charge in [0.15, 0.2) is 0 Å². The van der Waals surface area contributed by atoms with Crippen molar-refractivity contribution in [3.8, 4) is 11.5 Å². The molecule has 0 unspecified atom stereocenters. The fourth-order valence-electron chi connectivity index (χ4n) is 7.88. The lowest BCUT2D eigenvalue weighted by Crippen LogP contribution is -2.38. The van der Waals surface area contributed by atoms with E-state index in [0.717, 1.165) is 59.3 Å². The highest BCUT2D eigenvalue weighted by Crippen LogP contribution is 2.30. The largest absolute Gasteiger partial charge is 0.573 e. The van der Waals surface area contributed by atoms with E-state index in [1.54, 1.807) is 24.3 Å². The number of anilines is 8. The molecule has 0 atom stereocenters. The third-order valence-electron chi connectivity index (χ3n) is 11.6. The third kappa shape index (κ3) is 16.6. The molecule has 4 heterocycles. The molecular weight excluding hydrogens is 979 g/mol. The summed E-state index contributed by atoms with van der Waals surface area (Å²) in [6.07, 6.45) is -3.48. The molecule has 0 spiro atoms. The molecule has 74 heavy (non-hydrogen) atoms. The monoisotopic (exact) mass is 1030 g/mol. The first-order valence-electron chi connectivity index (χ1n) is 23.4. The van der Waals surface area contributed by atoms with Gasteiger partial charge in [0.25, 0.3) is 0 Å². The number of aromatic nitrogens is 6. The number of carbonyl (C=O) groups is 2. The summed E-state index contributed by atoms with van der Waals surface area (Å²) in [5.74, 6) is 1.07. The summed E-state index contributed by atoms with van der Waals surface area (Å²) in [4.78, 5) is 53.1. The van der Waals surface area contributed by atoms with Crippen LogP contribution in [-0.2, 0) is 32.3 Å². The van der Waals surface area contributed by atoms with Gasteiger partial charge in [0.2, 0.25) is 35.6 Å². The molecule has 6 aromatic rings. The number of nitrogens with zero attached hydrogens (tertiary/aromatic N) is 8. The maximum atomic E-state index is 12.3. The molecule has 0 aliphatic carbocycles. The number of hydrogen-bond donors (Lipinski definition) is 4. The van der Waals surface area contributed by atoms with E-state index >= 15 is 0 Å². The number of benzene rings is 4. The Morgan fingerprint density at radius 3 is 1.23 bits per heavy atom. The second kappa shape index (κ2) is 24.7. The van der Waals surface area contributed by atoms with E-state index in [1.807, 2.05) is 50.2 Å². The molecule has 2 aliphatic heterocycles. The Balaban J connectivity index is 0.000000216. The lowest BCUT2D eigenvalue weighted by Gasteiger charge is -2.32. The van der Waals surface area contributed by atoms with Gasteiger partial charge in [0.05, 0.1) is 25.4 Å². The Hall–Kier alpha value is -7.86. The van der Waals surface area contributed by atoms with Gasteiger partial charge < -0.3 is 50.0 Å². The van der Waals surface area contributed by atoms with E-state index in [4.69, 9.17) is 9.47 Å². The van der Waals surface area contributed by atoms with Crippen molar-refractivity contribution < 1.29 is 54.9 Å². The van der Waals surface area contributed by atoms with Crippen LogP contribution in [-0.4, -0.2) is 92.8 Å². The van der Waals surface area contributed by atoms with E-state index in [1.165, 1.54) is 50.8 Å². The number of piperidine rings is 2. The predicted molar refractivity (Wildman–Crippen MR) is 263 cm³/mol. The molecule has 0 saturated carbocycles. The SMILES string of the molecule is CC(=O)Nc1cccc(Nc2ncnc(N3CCC(OCc4ccc(OC(F)(F)F)cc4)CC3)n2)c1C.CC(=O)Nc1cccc(Nc2ncnc(N3CCC(OCc4ccc(OC(F)(F)F)cc4)CC3)n2)c1C. The molecule has 4 aromatic carbocycles. The first kappa shape index (κ1) is 53.9. The minimum Gasteiger partial charge on any atom is -0.406 e. The lowest BCUT2D eigenvalue weighted by atomic mass is 10.1. The number of carbonyl (C=O) groups excluding carboxylic acids is 2. The number of hydrogen-bond acceptors (Lipinski definition) is 16. The Morgan fingerprint density at radius 2 is 0.892 bits per heavy atom. The smallest absolute Gasteiger partial charge is 0.406 e. The highest BCUT2D eigenvalue weighted by Gasteiger charge is 2.32. The molecule has 2 aromatic heterocycles. The topological polar surface area (TPSA) is 203 Å². The molecular formula is C50H54F6N12O6. The Morgan fingerprint density at radius 1 is 0.541 bits per heavy atom. The molecule has 0 radical (unpaired) electrons. The van der Waals surface area contributed by atoms with Crippen LogP contribution >= 0.6 is 0 Å². The molecule has 2 amide bonds. The van der Waals surface area contributed by atoms with Crippen molar-refractivity contribution in [3.05, 3.63) is 120 Å². The molecule has 2 fully saturated rings. The number of alkyl halides is 6. The van der Waals surface area contributed by atoms with Crippen LogP contribution in [0.5, 0.6) is 11.5 Å². The van der Waals surface area contributed by atoms with Crippen molar-refractivity contribution >= 4 is 58.4 Å². The van der Waals surface area contributed by atoms with Crippen LogP contribution in [0.3, 0.4) is 0 Å². The second-order valence-corrected chi connectivity index (χ2v) is 17.2. The highest BCUT2D eigenvalue weighted by atomic mass is 19.4. The fraction of sp³-hybridized carbons (Fsp3) is 0.360. The van der Waals surface area contributed by atoms with Gasteiger partial charge >= 0.3 is 12.7 Å². The Kier molecular flexibility index (Phi) is 18.0. The van der Waals surface area contributed by atoms with Crippen LogP contribution < -0.4 is 40.5 Å². The molecule has 0 bridgehead atoms. The van der Waals surface area contributed by atoms with Crippen LogP contribution in [0.1, 0.15) is 61.8 Å². The summed E-state index contributed by atoms with van der Waals surface area (Å²) >= 11 is 0. The van der Waals surface area contributed by atoms with Crippen LogP contribution in [0.2, 0.25) is 0 Å². The van der Waals surface area contributed by atoms with Crippen LogP contribution in [0.4, 0.5) is 72.9 Å². The summed E-state index contributed by atoms with van der Waals surface area (Å²) in [7, 11) is 0. The summed E-state index contributed by atoms with van der Waals surface area (Å²) in [5.41, 5.74) is 6.21. The fourth-order valence-corrected chi connectivity index (χ4v) is 7.88. The molecule has 8 rings (SSSR count). The van der Waals surface area contributed by atoms with Gasteiger partial charge in [-0.3, -0.25) is 9.59 Å². The summed E-state index contributed by atoms with van der Waals surface area (Å²) in [6.45, 7) is 10.0. The molecule has 392 valence electrons. The summed E-state index contributed by atoms with van der Waals surface area (Å²) in [5, 5.41) is 12.0. The molecule has 2 aliphatic rings. The third-order valence-corrected chi connectivity index (χ3v) is 11.6. The van der Waals surface area contributed by atoms with Crippen molar-refractivity contribution in [1.29, 1.82) is 0 Å². The number of halogens is 6. The van der Waals surface area contributed by atoms with Gasteiger partial charge in [0, 0.05) is 62.8 Å². The zero-order valence-corrected chi connectivity index (χ0v) is 40.8. The first-order chi connectivity index (χ1) is 35.3. The molecule has 2 saturated heterocycles. The normalized spacial score (nSPS) is 14.4. The number of rotatable bonds is 16. The minimum absolute atomic E-state index is 0.0148. The number of amides is 2. The van der Waals surface area contributed by atoms with Gasteiger partial charge in [0.1, 0.15) is 24.2 Å². The van der Waals surface area contributed by atoms with E-state index in [-0.39, 0.29) is 35.5 Å². The van der Waals surface area contributed by atoms with Gasteiger partial charge in [-0.1, -0.05) is 36.4 Å². The highest BCUT2D eigenvalue weighted by molar-refractivity contribution is 5.91. The number of ether oxygens (including phenoxy) is 4. The summed E-state index contributed by atoms with van der Waals surface area (Å²) < 4.78 is 93.5. The number of nitrogens with one attached hydrogen (secondary N) is 4. The van der Waals surface area contributed by atoms with Crippen molar-refractivity contribution in [3.63, 3.8) is 0 Å². The molecule has 24 heteroatoms. The Labute approximate surface area is 422 Å². The minimum atomic E-state index is -4.71. The van der Waals surface area contributed by atoms with Crippen LogP contribution in [0.25, 0.3) is 0 Å². The van der Waals surface area contributed by atoms with Gasteiger partial charge in [-0.25, -0.2) is 19.9 Å². The molecule has 18 nitrogen and oxygen atoms in total. The van der Waals surface area contributed by atoms with Gasteiger partial charge in [-0.2, -0.15) is 9.97 Å². The zero-order valence-electron chi connectivity index (χ0n) is 40.8. The maximum absolute atomic E-state index is 12.3. The standard InChI is InChI=1S/2C25H27F3N6O3/c2*1-16-21(31-17(2)35)4-3-5-22(16)32-23-29-15-30-24(33-23)34-12-10-19(11-13-34)36-14-18-6-8-20(9-7-18)37-25(26,27)28/h2*3-9,15,19H,10-14H2,1-2H3,(H,31,35)(H,29,30,32,33). The van der Waals surface area contributed by atoms with E-state index in [9.17, 15) is 35.9 Å². The van der Waals surface area contributed by atoms with Crippen molar-refractivity contribution in [2.45, 2.75) is 91.5 Å². The molecule has 4 N–H and O–H groups in total. The summed E-state index contributed by atoms with van der Waals surface area (Å²) in [6, 6.07) is 22.4. The van der Waals surface area contributed by atoms with E-state index in [0.29, 0.717) is 74.6 Å². The van der Waals surface area contributed by atoms with Crippen LogP contribution in [0, 0.1) is 13.8 Å². The van der Waals surface area contributed by atoms with Crippen molar-refractivity contribution in [1.82, 2.24) is 29.9 Å². The quantitative estimate of drug-likeness (QED) is 0.0666. The van der Waals surface area contributed by atoms with Gasteiger partial charge in [-0.15, -0.1) is 26.3 Å². The average Bonchev–Trinajstić information content (AvgIpc) is 3.35. The van der Waals surface area contributed by atoms with Crippen molar-refractivity contribution in [2.75, 3.05) is 57.2 Å². The lowest BCUT2D eigenvalue weighted by molar-refractivity contribution is -0.275. The Bertz CT molecular complexity index is 2620. The first-order valence-corrected chi connectivity index (χ1v) is 23.4. The van der Waals surface area contributed by atoms with E-state index < -0.39 is 12.7 Å². The maximum Gasteiger partial charge on any atom is 0.573 e.